The molecule has 0 spiro atoms. The van der Waals surface area contributed by atoms with Crippen LogP contribution >= 0.6 is 11.5 Å². The highest BCUT2D eigenvalue weighted by Gasteiger charge is 2.65. The van der Waals surface area contributed by atoms with Crippen molar-refractivity contribution in [2.45, 2.75) is 40.7 Å². The zero-order valence-electron chi connectivity index (χ0n) is 9.38. The van der Waals surface area contributed by atoms with Gasteiger partial charge in [0, 0.05) is 17.6 Å². The lowest BCUT2D eigenvalue weighted by atomic mass is 10.0. The van der Waals surface area contributed by atoms with Crippen LogP contribution in [0.4, 0.5) is 5.13 Å². The summed E-state index contributed by atoms with van der Waals surface area (Å²) < 4.78 is 4.16. The maximum atomic E-state index is 4.32. The van der Waals surface area contributed by atoms with Gasteiger partial charge < -0.3 is 5.32 Å². The van der Waals surface area contributed by atoms with Gasteiger partial charge in [0.05, 0.1) is 0 Å². The monoisotopic (exact) mass is 211 g/mol. The molecule has 0 atom stereocenters. The Labute approximate surface area is 89.1 Å². The van der Waals surface area contributed by atoms with Gasteiger partial charge in [0.1, 0.15) is 5.82 Å². The Morgan fingerprint density at radius 3 is 2.14 bits per heavy atom. The maximum absolute atomic E-state index is 4.32. The van der Waals surface area contributed by atoms with Crippen molar-refractivity contribution in [3.05, 3.63) is 5.82 Å². The van der Waals surface area contributed by atoms with E-state index in [1.54, 1.807) is 0 Å². The molecule has 1 aliphatic carbocycles. The summed E-state index contributed by atoms with van der Waals surface area (Å²) in [6, 6.07) is 0.516. The summed E-state index contributed by atoms with van der Waals surface area (Å²) in [5.74, 6) is 0.855. The van der Waals surface area contributed by atoms with Crippen LogP contribution in [-0.4, -0.2) is 15.4 Å². The van der Waals surface area contributed by atoms with E-state index in [0.717, 1.165) is 11.0 Å². The van der Waals surface area contributed by atoms with Crippen molar-refractivity contribution in [1.29, 1.82) is 0 Å². The van der Waals surface area contributed by atoms with E-state index in [4.69, 9.17) is 0 Å². The quantitative estimate of drug-likeness (QED) is 0.817. The molecule has 1 aromatic heterocycles. The van der Waals surface area contributed by atoms with E-state index < -0.39 is 0 Å². The second kappa shape index (κ2) is 2.69. The first kappa shape index (κ1) is 9.90. The van der Waals surface area contributed by atoms with Crippen molar-refractivity contribution < 1.29 is 0 Å². The molecule has 14 heavy (non-hydrogen) atoms. The number of nitrogens with zero attached hydrogens (tertiary/aromatic N) is 2. The highest BCUT2D eigenvalue weighted by atomic mass is 32.1. The fourth-order valence-electron chi connectivity index (χ4n) is 2.04. The smallest absolute Gasteiger partial charge is 0.202 e. The minimum Gasteiger partial charge on any atom is -0.356 e. The van der Waals surface area contributed by atoms with E-state index in [9.17, 15) is 0 Å². The van der Waals surface area contributed by atoms with E-state index >= 15 is 0 Å². The summed E-state index contributed by atoms with van der Waals surface area (Å²) in [6.07, 6.45) is 0. The number of anilines is 1. The van der Waals surface area contributed by atoms with Crippen molar-refractivity contribution in [2.75, 3.05) is 5.32 Å². The maximum Gasteiger partial charge on any atom is 0.202 e. The van der Waals surface area contributed by atoms with Crippen LogP contribution in [0.2, 0.25) is 0 Å². The molecule has 1 heterocycles. The molecule has 2 rings (SSSR count). The normalized spacial score (nSPS) is 23.5. The van der Waals surface area contributed by atoms with Crippen LogP contribution < -0.4 is 5.32 Å². The Balaban J connectivity index is 2.08. The molecule has 0 bridgehead atoms. The lowest BCUT2D eigenvalue weighted by Crippen LogP contribution is -2.09. The van der Waals surface area contributed by atoms with Crippen LogP contribution in [0, 0.1) is 17.8 Å². The second-order valence-electron chi connectivity index (χ2n) is 5.17. The predicted octanol–water partition coefficient (Wildman–Crippen LogP) is 2.69. The first-order valence-electron chi connectivity index (χ1n) is 4.92. The van der Waals surface area contributed by atoms with Crippen molar-refractivity contribution in [3.63, 3.8) is 0 Å². The Hall–Kier alpha value is -0.640. The molecular formula is C10H17N3S. The molecule has 1 aromatic rings. The van der Waals surface area contributed by atoms with Crippen molar-refractivity contribution >= 4 is 16.7 Å². The van der Waals surface area contributed by atoms with Crippen LogP contribution in [0.1, 0.15) is 33.5 Å². The molecule has 1 aliphatic rings. The standard InChI is InChI=1S/C10H17N3S/c1-6-11-8(14-13-6)12-7-9(2,3)10(7,4)5/h7H,1-5H3,(H,11,12,13). The first-order valence-corrected chi connectivity index (χ1v) is 5.70. The van der Waals surface area contributed by atoms with Gasteiger partial charge in [-0.05, 0) is 17.8 Å². The Kier molecular flexibility index (Phi) is 1.90. The highest BCUT2D eigenvalue weighted by Crippen LogP contribution is 2.63. The van der Waals surface area contributed by atoms with Gasteiger partial charge in [0.2, 0.25) is 5.13 Å². The molecule has 0 radical (unpaired) electrons. The molecule has 3 nitrogen and oxygen atoms in total. The van der Waals surface area contributed by atoms with Crippen molar-refractivity contribution in [2.24, 2.45) is 10.8 Å². The Morgan fingerprint density at radius 2 is 1.79 bits per heavy atom. The molecule has 78 valence electrons. The number of nitrogens with one attached hydrogen (secondary N) is 1. The fraction of sp³-hybridized carbons (Fsp3) is 0.800. The van der Waals surface area contributed by atoms with E-state index in [-0.39, 0.29) is 0 Å². The van der Waals surface area contributed by atoms with Gasteiger partial charge in [-0.15, -0.1) is 0 Å². The summed E-state index contributed by atoms with van der Waals surface area (Å²) in [5, 5.41) is 4.41. The van der Waals surface area contributed by atoms with Gasteiger partial charge in [-0.25, -0.2) is 4.98 Å². The molecule has 0 aromatic carbocycles. The number of aryl methyl sites for hydroxylation is 1. The van der Waals surface area contributed by atoms with Gasteiger partial charge in [-0.1, -0.05) is 27.7 Å². The van der Waals surface area contributed by atoms with Crippen LogP contribution in [0.3, 0.4) is 0 Å². The molecule has 4 heteroatoms. The van der Waals surface area contributed by atoms with Gasteiger partial charge >= 0.3 is 0 Å². The van der Waals surface area contributed by atoms with Gasteiger partial charge in [-0.3, -0.25) is 0 Å². The zero-order chi connectivity index (χ0) is 10.6. The SMILES string of the molecule is Cc1nsc(NC2C(C)(C)C2(C)C)n1. The largest absolute Gasteiger partial charge is 0.356 e. The topological polar surface area (TPSA) is 37.8 Å². The summed E-state index contributed by atoms with van der Waals surface area (Å²) >= 11 is 1.45. The summed E-state index contributed by atoms with van der Waals surface area (Å²) in [4.78, 5) is 4.32. The van der Waals surface area contributed by atoms with Crippen LogP contribution in [0.25, 0.3) is 0 Å². The average molecular weight is 211 g/mol. The van der Waals surface area contributed by atoms with E-state index in [2.05, 4.69) is 42.4 Å². The molecule has 1 N–H and O–H groups in total. The summed E-state index contributed by atoms with van der Waals surface area (Å²) in [5.41, 5.74) is 0.707. The minimum atomic E-state index is 0.354. The Bertz CT molecular complexity index is 340. The lowest BCUT2D eigenvalue weighted by molar-refractivity contribution is 0.457. The van der Waals surface area contributed by atoms with Crippen LogP contribution in [0.5, 0.6) is 0 Å². The van der Waals surface area contributed by atoms with Gasteiger partial charge in [0.25, 0.3) is 0 Å². The molecule has 1 fully saturated rings. The average Bonchev–Trinajstić information content (AvgIpc) is 2.47. The lowest BCUT2D eigenvalue weighted by Gasteiger charge is -2.02. The van der Waals surface area contributed by atoms with Crippen LogP contribution in [0.15, 0.2) is 0 Å². The molecule has 0 amide bonds. The molecular weight excluding hydrogens is 194 g/mol. The highest BCUT2D eigenvalue weighted by molar-refractivity contribution is 7.09. The third-order valence-corrected chi connectivity index (χ3v) is 4.55. The van der Waals surface area contributed by atoms with E-state index in [1.807, 2.05) is 6.92 Å². The van der Waals surface area contributed by atoms with Crippen molar-refractivity contribution in [1.82, 2.24) is 9.36 Å². The number of hydrogen-bond donors (Lipinski definition) is 1. The zero-order valence-corrected chi connectivity index (χ0v) is 10.2. The van der Waals surface area contributed by atoms with Crippen LogP contribution in [-0.2, 0) is 0 Å². The molecule has 0 saturated heterocycles. The minimum absolute atomic E-state index is 0.354. The Morgan fingerprint density at radius 1 is 1.21 bits per heavy atom. The van der Waals surface area contributed by atoms with E-state index in [1.165, 1.54) is 11.5 Å². The van der Waals surface area contributed by atoms with Gasteiger partial charge in [0.15, 0.2) is 0 Å². The predicted molar refractivity (Wildman–Crippen MR) is 59.6 cm³/mol. The number of hydrogen-bond acceptors (Lipinski definition) is 4. The first-order chi connectivity index (χ1) is 6.35. The summed E-state index contributed by atoms with van der Waals surface area (Å²) in [7, 11) is 0. The molecule has 0 aliphatic heterocycles. The summed E-state index contributed by atoms with van der Waals surface area (Å²) in [6.45, 7) is 11.1. The van der Waals surface area contributed by atoms with Gasteiger partial charge in [-0.2, -0.15) is 4.37 Å². The fourth-order valence-corrected chi connectivity index (χ4v) is 2.64. The molecule has 0 unspecified atom stereocenters. The number of rotatable bonds is 2. The van der Waals surface area contributed by atoms with E-state index in [0.29, 0.717) is 16.9 Å². The van der Waals surface area contributed by atoms with Crippen molar-refractivity contribution in [3.8, 4) is 0 Å². The molecule has 1 saturated carbocycles. The second-order valence-corrected chi connectivity index (χ2v) is 5.92. The third-order valence-electron chi connectivity index (χ3n) is 3.82. The third kappa shape index (κ3) is 1.24. The number of aromatic nitrogens is 2.